The van der Waals surface area contributed by atoms with Crippen LogP contribution in [0.5, 0.6) is 5.75 Å². The minimum absolute atomic E-state index is 0.435. The van der Waals surface area contributed by atoms with Gasteiger partial charge in [-0.25, -0.2) is 0 Å². The van der Waals surface area contributed by atoms with Crippen LogP contribution >= 0.6 is 39.1 Å². The molecule has 1 nitrogen and oxygen atoms in total. The summed E-state index contributed by atoms with van der Waals surface area (Å²) in [7, 11) is 1.56. The summed E-state index contributed by atoms with van der Waals surface area (Å²) >= 11 is 15.5. The third-order valence-corrected chi connectivity index (χ3v) is 3.36. The van der Waals surface area contributed by atoms with Crippen molar-refractivity contribution in [1.82, 2.24) is 0 Å². The summed E-state index contributed by atoms with van der Waals surface area (Å²) in [5.74, 6) is 0.985. The Balaban J connectivity index is 3.02. The van der Waals surface area contributed by atoms with Crippen molar-refractivity contribution >= 4 is 39.1 Å². The van der Waals surface area contributed by atoms with Gasteiger partial charge >= 0.3 is 0 Å². The lowest BCUT2D eigenvalue weighted by Crippen LogP contribution is -1.96. The highest BCUT2D eigenvalue weighted by Crippen LogP contribution is 2.36. The van der Waals surface area contributed by atoms with E-state index < -0.39 is 0 Å². The molecule has 0 radical (unpaired) electrons. The van der Waals surface area contributed by atoms with E-state index in [1.165, 1.54) is 0 Å². The fraction of sp³-hybridized carbons (Fsp3) is 0.455. The van der Waals surface area contributed by atoms with Gasteiger partial charge in [0.05, 0.1) is 17.2 Å². The van der Waals surface area contributed by atoms with Gasteiger partial charge in [0.15, 0.2) is 5.75 Å². The first-order valence-corrected chi connectivity index (χ1v) is 6.56. The molecule has 1 rings (SSSR count). The number of rotatable bonds is 4. The van der Waals surface area contributed by atoms with Crippen molar-refractivity contribution in [2.24, 2.45) is 0 Å². The van der Waals surface area contributed by atoms with Gasteiger partial charge in [0, 0.05) is 5.33 Å². The molecular weight excluding hydrogens is 299 g/mol. The van der Waals surface area contributed by atoms with E-state index in [0.717, 1.165) is 17.3 Å². The van der Waals surface area contributed by atoms with E-state index in [-0.39, 0.29) is 0 Å². The van der Waals surface area contributed by atoms with Crippen LogP contribution in [0.15, 0.2) is 12.1 Å². The zero-order chi connectivity index (χ0) is 11.4. The smallest absolute Gasteiger partial charge is 0.156 e. The summed E-state index contributed by atoms with van der Waals surface area (Å²) in [6, 6.07) is 3.83. The molecular formula is C11H13BrCl2O. The van der Waals surface area contributed by atoms with Crippen LogP contribution in [-0.2, 0) is 0 Å². The summed E-state index contributed by atoms with van der Waals surface area (Å²) in [6.45, 7) is 2.15. The maximum atomic E-state index is 6.06. The van der Waals surface area contributed by atoms with Crippen LogP contribution in [0.2, 0.25) is 10.0 Å². The van der Waals surface area contributed by atoms with Gasteiger partial charge in [0.1, 0.15) is 0 Å². The van der Waals surface area contributed by atoms with E-state index in [0.29, 0.717) is 21.7 Å². The Labute approximate surface area is 109 Å². The van der Waals surface area contributed by atoms with Gasteiger partial charge in [0.2, 0.25) is 0 Å². The van der Waals surface area contributed by atoms with Crippen LogP contribution in [-0.4, -0.2) is 12.4 Å². The summed E-state index contributed by atoms with van der Waals surface area (Å²) in [6.07, 6.45) is 1.05. The van der Waals surface area contributed by atoms with Crippen LogP contribution in [0.1, 0.15) is 24.8 Å². The van der Waals surface area contributed by atoms with E-state index in [1.54, 1.807) is 7.11 Å². The number of alkyl halides is 1. The first kappa shape index (κ1) is 13.1. The predicted molar refractivity (Wildman–Crippen MR) is 69.8 cm³/mol. The van der Waals surface area contributed by atoms with Gasteiger partial charge < -0.3 is 4.74 Å². The number of hydrogen-bond acceptors (Lipinski definition) is 1. The molecule has 0 aliphatic rings. The normalized spacial score (nSPS) is 12.6. The number of benzene rings is 1. The third-order valence-electron chi connectivity index (χ3n) is 2.34. The van der Waals surface area contributed by atoms with E-state index >= 15 is 0 Å². The van der Waals surface area contributed by atoms with Crippen molar-refractivity contribution in [3.8, 4) is 5.75 Å². The Morgan fingerprint density at radius 2 is 1.87 bits per heavy atom. The Hall–Kier alpha value is 0.0800. The molecule has 0 amide bonds. The Morgan fingerprint density at radius 1 is 1.33 bits per heavy atom. The molecule has 0 N–H and O–H groups in total. The predicted octanol–water partition coefficient (Wildman–Crippen LogP) is 4.89. The van der Waals surface area contributed by atoms with E-state index in [9.17, 15) is 0 Å². The van der Waals surface area contributed by atoms with E-state index in [4.69, 9.17) is 27.9 Å². The number of methoxy groups -OCH3 is 1. The molecule has 0 heterocycles. The highest BCUT2D eigenvalue weighted by atomic mass is 79.9. The molecule has 0 fully saturated rings. The monoisotopic (exact) mass is 310 g/mol. The summed E-state index contributed by atoms with van der Waals surface area (Å²) in [5.41, 5.74) is 1.14. The molecule has 0 aliphatic carbocycles. The van der Waals surface area contributed by atoms with Crippen LogP contribution < -0.4 is 4.74 Å². The van der Waals surface area contributed by atoms with Gasteiger partial charge in [-0.05, 0) is 30.0 Å². The largest absolute Gasteiger partial charge is 0.494 e. The molecule has 0 bridgehead atoms. The van der Waals surface area contributed by atoms with Gasteiger partial charge in [0.25, 0.3) is 0 Å². The molecule has 1 unspecified atom stereocenters. The van der Waals surface area contributed by atoms with E-state index in [1.807, 2.05) is 12.1 Å². The molecule has 1 atom stereocenters. The fourth-order valence-corrected chi connectivity index (χ4v) is 2.73. The first-order chi connectivity index (χ1) is 7.10. The Kier molecular flexibility index (Phi) is 5.24. The van der Waals surface area contributed by atoms with Crippen LogP contribution in [0, 0.1) is 0 Å². The first-order valence-electron chi connectivity index (χ1n) is 4.69. The molecule has 0 aliphatic heterocycles. The van der Waals surface area contributed by atoms with Crippen LogP contribution in [0.3, 0.4) is 0 Å². The fourth-order valence-electron chi connectivity index (χ4n) is 1.39. The minimum atomic E-state index is 0.435. The molecule has 1 aromatic rings. The zero-order valence-electron chi connectivity index (χ0n) is 8.69. The lowest BCUT2D eigenvalue weighted by Gasteiger charge is -2.13. The summed E-state index contributed by atoms with van der Waals surface area (Å²) < 4.78 is 5.10. The second kappa shape index (κ2) is 5.97. The van der Waals surface area contributed by atoms with Crippen molar-refractivity contribution in [2.45, 2.75) is 19.3 Å². The molecule has 0 spiro atoms. The van der Waals surface area contributed by atoms with Crippen molar-refractivity contribution in [2.75, 3.05) is 12.4 Å². The highest BCUT2D eigenvalue weighted by molar-refractivity contribution is 9.09. The Morgan fingerprint density at radius 3 is 2.27 bits per heavy atom. The Bertz CT molecular complexity index is 318. The topological polar surface area (TPSA) is 9.23 Å². The van der Waals surface area contributed by atoms with E-state index in [2.05, 4.69) is 22.9 Å². The van der Waals surface area contributed by atoms with Crippen molar-refractivity contribution in [3.05, 3.63) is 27.7 Å². The minimum Gasteiger partial charge on any atom is -0.494 e. The van der Waals surface area contributed by atoms with Gasteiger partial charge in [-0.2, -0.15) is 0 Å². The molecule has 4 heteroatoms. The second-order valence-corrected chi connectivity index (χ2v) is 5.00. The second-order valence-electron chi connectivity index (χ2n) is 3.40. The summed E-state index contributed by atoms with van der Waals surface area (Å²) in [4.78, 5) is 0. The molecule has 0 aromatic heterocycles. The third kappa shape index (κ3) is 3.27. The van der Waals surface area contributed by atoms with Crippen molar-refractivity contribution < 1.29 is 4.74 Å². The van der Waals surface area contributed by atoms with Crippen molar-refractivity contribution in [1.29, 1.82) is 0 Å². The standard InChI is InChI=1S/C11H13BrCl2O/c1-7(3-4-12)8-5-9(13)11(15-2)10(14)6-8/h5-7H,3-4H2,1-2H3. The SMILES string of the molecule is COc1c(Cl)cc(C(C)CCBr)cc1Cl. The lowest BCUT2D eigenvalue weighted by atomic mass is 9.99. The van der Waals surface area contributed by atoms with Gasteiger partial charge in [-0.3, -0.25) is 0 Å². The van der Waals surface area contributed by atoms with Crippen molar-refractivity contribution in [3.63, 3.8) is 0 Å². The number of hydrogen-bond donors (Lipinski definition) is 0. The quantitative estimate of drug-likeness (QED) is 0.719. The van der Waals surface area contributed by atoms with Crippen LogP contribution in [0.25, 0.3) is 0 Å². The molecule has 15 heavy (non-hydrogen) atoms. The van der Waals surface area contributed by atoms with Gasteiger partial charge in [-0.1, -0.05) is 46.1 Å². The summed E-state index contributed by atoms with van der Waals surface area (Å²) in [5, 5.41) is 2.11. The van der Waals surface area contributed by atoms with Crippen LogP contribution in [0.4, 0.5) is 0 Å². The maximum absolute atomic E-state index is 6.06. The number of halogens is 3. The highest BCUT2D eigenvalue weighted by Gasteiger charge is 2.12. The zero-order valence-corrected chi connectivity index (χ0v) is 11.8. The average Bonchev–Trinajstić information content (AvgIpc) is 2.17. The maximum Gasteiger partial charge on any atom is 0.156 e. The molecule has 1 aromatic carbocycles. The van der Waals surface area contributed by atoms with Gasteiger partial charge in [-0.15, -0.1) is 0 Å². The molecule has 0 saturated heterocycles. The average molecular weight is 312 g/mol. The molecule has 0 saturated carbocycles. The number of ether oxygens (including phenoxy) is 1. The lowest BCUT2D eigenvalue weighted by molar-refractivity contribution is 0.415. The molecule has 84 valence electrons.